The highest BCUT2D eigenvalue weighted by molar-refractivity contribution is 5.65. The smallest absolute Gasteiger partial charge is 0.134 e. The zero-order valence-electron chi connectivity index (χ0n) is 20.0. The lowest BCUT2D eigenvalue weighted by atomic mass is 9.63. The standard InChI is InChI=1S/C30H40F2/c1-3-5-6-7-8-22-11-14-25-18-26(16-15-24(25)17-22)27-19-28(31)30(29(32)20-27)23-12-9-21(4-2)10-13-23/h9-10,12-13,19-20,22,24-26H,3-8,11,14-18H2,1-2H3/t22?,24-,25-,26-/m1/s1. The number of unbranched alkanes of at least 4 members (excludes halogenated alkanes) is 3. The molecule has 0 spiro atoms. The van der Waals surface area contributed by atoms with Crippen molar-refractivity contribution in [3.63, 3.8) is 0 Å². The second-order valence-electron chi connectivity index (χ2n) is 10.5. The summed E-state index contributed by atoms with van der Waals surface area (Å²) in [5, 5.41) is 0. The van der Waals surface area contributed by atoms with Crippen molar-refractivity contribution in [1.29, 1.82) is 0 Å². The molecule has 174 valence electrons. The van der Waals surface area contributed by atoms with Gasteiger partial charge in [0.15, 0.2) is 0 Å². The van der Waals surface area contributed by atoms with Gasteiger partial charge in [0, 0.05) is 0 Å². The summed E-state index contributed by atoms with van der Waals surface area (Å²) in [6, 6.07) is 10.8. The summed E-state index contributed by atoms with van der Waals surface area (Å²) in [4.78, 5) is 0. The SMILES string of the molecule is CCCCCCC1CC[C@@H]2C[C@H](c3cc(F)c(-c4ccc(CC)cc4)c(F)c3)CC[C@@H]2C1. The maximum Gasteiger partial charge on any atom is 0.134 e. The van der Waals surface area contributed by atoms with Crippen LogP contribution in [-0.2, 0) is 6.42 Å². The van der Waals surface area contributed by atoms with E-state index in [9.17, 15) is 0 Å². The van der Waals surface area contributed by atoms with E-state index in [0.717, 1.165) is 42.6 Å². The molecule has 0 amide bonds. The summed E-state index contributed by atoms with van der Waals surface area (Å²) < 4.78 is 30.1. The van der Waals surface area contributed by atoms with Gasteiger partial charge in [0.1, 0.15) is 11.6 Å². The van der Waals surface area contributed by atoms with Crippen molar-refractivity contribution in [3.05, 3.63) is 59.2 Å². The Kier molecular flexibility index (Phi) is 8.02. The molecule has 2 aliphatic carbocycles. The lowest BCUT2D eigenvalue weighted by Crippen LogP contribution is -2.30. The second kappa shape index (κ2) is 10.9. The first-order valence-electron chi connectivity index (χ1n) is 13.2. The van der Waals surface area contributed by atoms with E-state index in [-0.39, 0.29) is 5.56 Å². The minimum absolute atomic E-state index is 0.119. The molecule has 4 rings (SSSR count). The van der Waals surface area contributed by atoms with Crippen molar-refractivity contribution in [2.75, 3.05) is 0 Å². The Labute approximate surface area is 193 Å². The van der Waals surface area contributed by atoms with Crippen molar-refractivity contribution in [2.45, 2.75) is 96.8 Å². The Hall–Kier alpha value is -1.70. The Morgan fingerprint density at radius 1 is 0.781 bits per heavy atom. The lowest BCUT2D eigenvalue weighted by molar-refractivity contribution is 0.113. The molecule has 0 N–H and O–H groups in total. The molecule has 2 aromatic carbocycles. The molecule has 0 aromatic heterocycles. The van der Waals surface area contributed by atoms with Crippen LogP contribution in [0.5, 0.6) is 0 Å². The van der Waals surface area contributed by atoms with Crippen molar-refractivity contribution in [1.82, 2.24) is 0 Å². The quantitative estimate of drug-likeness (QED) is 0.360. The Bertz CT molecular complexity index is 846. The number of halogens is 2. The van der Waals surface area contributed by atoms with E-state index in [1.807, 2.05) is 24.3 Å². The first-order chi connectivity index (χ1) is 15.6. The van der Waals surface area contributed by atoms with E-state index in [4.69, 9.17) is 0 Å². The molecule has 2 aromatic rings. The molecule has 0 saturated heterocycles. The first-order valence-corrected chi connectivity index (χ1v) is 13.2. The van der Waals surface area contributed by atoms with E-state index >= 15 is 8.78 Å². The summed E-state index contributed by atoms with van der Waals surface area (Å²) in [5.41, 5.74) is 2.80. The fourth-order valence-electron chi connectivity index (χ4n) is 6.42. The third kappa shape index (κ3) is 5.43. The molecule has 0 heterocycles. The number of aryl methyl sites for hydroxylation is 1. The van der Waals surface area contributed by atoms with Crippen LogP contribution in [-0.4, -0.2) is 0 Å². The van der Waals surface area contributed by atoms with Gasteiger partial charge in [-0.3, -0.25) is 0 Å². The van der Waals surface area contributed by atoms with Gasteiger partial charge in [-0.25, -0.2) is 8.78 Å². The molecule has 0 aliphatic heterocycles. The monoisotopic (exact) mass is 438 g/mol. The van der Waals surface area contributed by atoms with E-state index in [0.29, 0.717) is 11.5 Å². The topological polar surface area (TPSA) is 0 Å². The number of benzene rings is 2. The minimum Gasteiger partial charge on any atom is -0.206 e. The van der Waals surface area contributed by atoms with Gasteiger partial charge in [0.25, 0.3) is 0 Å². The van der Waals surface area contributed by atoms with Gasteiger partial charge < -0.3 is 0 Å². The highest BCUT2D eigenvalue weighted by Gasteiger charge is 2.36. The molecule has 2 fully saturated rings. The number of hydrogen-bond donors (Lipinski definition) is 0. The molecular weight excluding hydrogens is 398 g/mol. The van der Waals surface area contributed by atoms with Crippen LogP contribution in [0.25, 0.3) is 11.1 Å². The maximum absolute atomic E-state index is 15.1. The van der Waals surface area contributed by atoms with Crippen molar-refractivity contribution in [3.8, 4) is 11.1 Å². The highest BCUT2D eigenvalue weighted by Crippen LogP contribution is 2.49. The van der Waals surface area contributed by atoms with Crippen LogP contribution in [0.4, 0.5) is 8.78 Å². The van der Waals surface area contributed by atoms with Gasteiger partial charge in [-0.15, -0.1) is 0 Å². The van der Waals surface area contributed by atoms with Crippen LogP contribution >= 0.6 is 0 Å². The molecular formula is C30H40F2. The number of rotatable bonds is 8. The van der Waals surface area contributed by atoms with Crippen LogP contribution < -0.4 is 0 Å². The van der Waals surface area contributed by atoms with Crippen LogP contribution in [0.15, 0.2) is 36.4 Å². The molecule has 4 atom stereocenters. The van der Waals surface area contributed by atoms with Crippen molar-refractivity contribution >= 4 is 0 Å². The molecule has 32 heavy (non-hydrogen) atoms. The molecule has 2 heteroatoms. The summed E-state index contributed by atoms with van der Waals surface area (Å²) in [5.74, 6) is 1.97. The van der Waals surface area contributed by atoms with E-state index in [1.54, 1.807) is 12.1 Å². The van der Waals surface area contributed by atoms with E-state index in [2.05, 4.69) is 13.8 Å². The molecule has 1 unspecified atom stereocenters. The van der Waals surface area contributed by atoms with Gasteiger partial charge in [0.05, 0.1) is 5.56 Å². The van der Waals surface area contributed by atoms with Crippen LogP contribution in [0.1, 0.15) is 102 Å². The first kappa shape index (κ1) is 23.5. The zero-order chi connectivity index (χ0) is 22.5. The Morgan fingerprint density at radius 2 is 1.47 bits per heavy atom. The van der Waals surface area contributed by atoms with Crippen LogP contribution in [0.2, 0.25) is 0 Å². The fourth-order valence-corrected chi connectivity index (χ4v) is 6.42. The maximum atomic E-state index is 15.1. The largest absolute Gasteiger partial charge is 0.206 e. The third-order valence-corrected chi connectivity index (χ3v) is 8.37. The summed E-state index contributed by atoms with van der Waals surface area (Å²) in [6.45, 7) is 4.36. The Balaban J connectivity index is 1.39. The van der Waals surface area contributed by atoms with Crippen LogP contribution in [0.3, 0.4) is 0 Å². The number of hydrogen-bond acceptors (Lipinski definition) is 0. The van der Waals surface area contributed by atoms with Gasteiger partial charge in [-0.1, -0.05) is 76.6 Å². The molecule has 0 radical (unpaired) electrons. The summed E-state index contributed by atoms with van der Waals surface area (Å²) in [7, 11) is 0. The van der Waals surface area contributed by atoms with Crippen molar-refractivity contribution < 1.29 is 8.78 Å². The molecule has 2 aliphatic rings. The average molecular weight is 439 g/mol. The second-order valence-corrected chi connectivity index (χ2v) is 10.5. The zero-order valence-corrected chi connectivity index (χ0v) is 20.0. The third-order valence-electron chi connectivity index (χ3n) is 8.37. The van der Waals surface area contributed by atoms with Gasteiger partial charge in [-0.05, 0) is 91.0 Å². The van der Waals surface area contributed by atoms with Gasteiger partial charge >= 0.3 is 0 Å². The summed E-state index contributed by atoms with van der Waals surface area (Å²) in [6.07, 6.45) is 15.3. The fraction of sp³-hybridized carbons (Fsp3) is 0.600. The van der Waals surface area contributed by atoms with Gasteiger partial charge in [-0.2, -0.15) is 0 Å². The predicted octanol–water partition coefficient (Wildman–Crippen LogP) is 9.46. The molecule has 2 saturated carbocycles. The average Bonchev–Trinajstić information content (AvgIpc) is 2.81. The molecule has 0 nitrogen and oxygen atoms in total. The normalized spacial score (nSPS) is 25.5. The van der Waals surface area contributed by atoms with Crippen molar-refractivity contribution in [2.24, 2.45) is 17.8 Å². The summed E-state index contributed by atoms with van der Waals surface area (Å²) >= 11 is 0. The van der Waals surface area contributed by atoms with Crippen LogP contribution in [0, 0.1) is 29.4 Å². The van der Waals surface area contributed by atoms with E-state index in [1.165, 1.54) is 63.4 Å². The Morgan fingerprint density at radius 3 is 2.16 bits per heavy atom. The van der Waals surface area contributed by atoms with E-state index < -0.39 is 11.6 Å². The molecule has 0 bridgehead atoms. The highest BCUT2D eigenvalue weighted by atomic mass is 19.1. The predicted molar refractivity (Wildman–Crippen MR) is 131 cm³/mol. The minimum atomic E-state index is -0.415. The number of fused-ring (bicyclic) bond motifs is 1. The van der Waals surface area contributed by atoms with Gasteiger partial charge in [0.2, 0.25) is 0 Å². The lowest BCUT2D eigenvalue weighted by Gasteiger charge is -2.42.